The molecular formula is C20H22N6O. The van der Waals surface area contributed by atoms with Crippen LogP contribution in [0.5, 0.6) is 0 Å². The van der Waals surface area contributed by atoms with Gasteiger partial charge in [-0.3, -0.25) is 14.7 Å². The van der Waals surface area contributed by atoms with E-state index in [1.807, 2.05) is 23.1 Å². The van der Waals surface area contributed by atoms with Crippen molar-refractivity contribution in [1.29, 1.82) is 0 Å². The molecule has 2 bridgehead atoms. The molecule has 3 aliphatic rings. The van der Waals surface area contributed by atoms with E-state index in [0.717, 1.165) is 49.5 Å². The van der Waals surface area contributed by atoms with Gasteiger partial charge in [0.05, 0.1) is 23.8 Å². The number of benzene rings is 1. The quantitative estimate of drug-likeness (QED) is 0.772. The highest BCUT2D eigenvalue weighted by atomic mass is 16.2. The number of piperidine rings is 1. The Bertz CT molecular complexity index is 922. The van der Waals surface area contributed by atoms with Gasteiger partial charge >= 0.3 is 0 Å². The zero-order valence-electron chi connectivity index (χ0n) is 15.1. The van der Waals surface area contributed by atoms with E-state index in [4.69, 9.17) is 4.98 Å². The maximum atomic E-state index is 12.8. The van der Waals surface area contributed by atoms with Gasteiger partial charge < -0.3 is 9.88 Å². The molecule has 5 heterocycles. The number of para-hydroxylation sites is 2. The summed E-state index contributed by atoms with van der Waals surface area (Å²) in [5.74, 6) is 1.48. The zero-order chi connectivity index (χ0) is 18.2. The van der Waals surface area contributed by atoms with Gasteiger partial charge in [-0.2, -0.15) is 0 Å². The number of amides is 1. The average Bonchev–Trinajstić information content (AvgIpc) is 2.89. The minimum absolute atomic E-state index is 0.00872. The molecule has 7 nitrogen and oxygen atoms in total. The van der Waals surface area contributed by atoms with Crippen LogP contribution in [0.1, 0.15) is 29.2 Å². The van der Waals surface area contributed by atoms with Gasteiger partial charge in [0.1, 0.15) is 11.5 Å². The van der Waals surface area contributed by atoms with E-state index in [0.29, 0.717) is 17.7 Å². The van der Waals surface area contributed by atoms with E-state index in [9.17, 15) is 4.79 Å². The Morgan fingerprint density at radius 2 is 2.07 bits per heavy atom. The van der Waals surface area contributed by atoms with Crippen molar-refractivity contribution in [3.8, 4) is 0 Å². The van der Waals surface area contributed by atoms with Crippen molar-refractivity contribution < 1.29 is 4.79 Å². The van der Waals surface area contributed by atoms with Gasteiger partial charge in [0.2, 0.25) is 0 Å². The van der Waals surface area contributed by atoms with Crippen LogP contribution in [-0.2, 0) is 6.54 Å². The molecule has 7 heteroatoms. The third-order valence-electron chi connectivity index (χ3n) is 5.69. The predicted octanol–water partition coefficient (Wildman–Crippen LogP) is 2.09. The van der Waals surface area contributed by atoms with Gasteiger partial charge in [-0.25, -0.2) is 9.97 Å². The monoisotopic (exact) mass is 362 g/mol. The predicted molar refractivity (Wildman–Crippen MR) is 101 cm³/mol. The summed E-state index contributed by atoms with van der Waals surface area (Å²) in [6, 6.07) is 8.48. The van der Waals surface area contributed by atoms with Crippen LogP contribution in [0.3, 0.4) is 0 Å². The van der Waals surface area contributed by atoms with Crippen LogP contribution in [-0.4, -0.2) is 61.3 Å². The number of nitrogens with one attached hydrogen (secondary N) is 1. The van der Waals surface area contributed by atoms with Gasteiger partial charge in [-0.1, -0.05) is 12.1 Å². The fraction of sp³-hybridized carbons (Fsp3) is 0.400. The number of nitrogens with zero attached hydrogens (tertiary/aromatic N) is 5. The van der Waals surface area contributed by atoms with Crippen molar-refractivity contribution in [3.05, 3.63) is 54.4 Å². The molecule has 1 aromatic carbocycles. The molecule has 3 fully saturated rings. The summed E-state index contributed by atoms with van der Waals surface area (Å²) in [6.45, 7) is 3.34. The minimum atomic E-state index is -0.00872. The van der Waals surface area contributed by atoms with Gasteiger partial charge in [0.15, 0.2) is 0 Å². The highest BCUT2D eigenvalue weighted by molar-refractivity contribution is 5.92. The van der Waals surface area contributed by atoms with Crippen molar-refractivity contribution in [2.24, 2.45) is 5.92 Å². The summed E-state index contributed by atoms with van der Waals surface area (Å²) in [5.41, 5.74) is 2.52. The molecule has 2 aromatic heterocycles. The first kappa shape index (κ1) is 16.4. The summed E-state index contributed by atoms with van der Waals surface area (Å²) >= 11 is 0. The lowest BCUT2D eigenvalue weighted by atomic mass is 9.95. The van der Waals surface area contributed by atoms with E-state index >= 15 is 0 Å². The Labute approximate surface area is 157 Å². The Morgan fingerprint density at radius 1 is 1.15 bits per heavy atom. The van der Waals surface area contributed by atoms with Gasteiger partial charge in [-0.15, -0.1) is 0 Å². The second-order valence-electron chi connectivity index (χ2n) is 7.53. The number of aromatic nitrogens is 4. The first-order chi connectivity index (χ1) is 13.3. The highest BCUT2D eigenvalue weighted by Gasteiger charge is 2.37. The van der Waals surface area contributed by atoms with Crippen molar-refractivity contribution >= 4 is 16.9 Å². The Hall–Kier alpha value is -2.80. The molecular weight excluding hydrogens is 340 g/mol. The summed E-state index contributed by atoms with van der Waals surface area (Å²) in [7, 11) is 0. The maximum absolute atomic E-state index is 12.8. The molecule has 0 spiro atoms. The number of aromatic amines is 1. The smallest absolute Gasteiger partial charge is 0.274 e. The number of H-pyrrole nitrogens is 1. The molecule has 0 radical (unpaired) electrons. The molecule has 0 saturated carbocycles. The van der Waals surface area contributed by atoms with Crippen molar-refractivity contribution in [3.63, 3.8) is 0 Å². The molecule has 138 valence electrons. The summed E-state index contributed by atoms with van der Waals surface area (Å²) in [5, 5.41) is 0. The van der Waals surface area contributed by atoms with Crippen LogP contribution < -0.4 is 0 Å². The number of fused-ring (bicyclic) bond motifs is 5. The van der Waals surface area contributed by atoms with Gasteiger partial charge in [0, 0.05) is 38.1 Å². The first-order valence-corrected chi connectivity index (χ1v) is 9.49. The SMILES string of the molecule is O=C(c1cnccn1)N1C[C@@H]2CC[C@H](C1)N(Cc1nc3ccccc3[nH]1)C2. The van der Waals surface area contributed by atoms with Crippen molar-refractivity contribution in [2.45, 2.75) is 25.4 Å². The topological polar surface area (TPSA) is 78.0 Å². The van der Waals surface area contributed by atoms with Gasteiger partial charge in [0.25, 0.3) is 5.91 Å². The Kier molecular flexibility index (Phi) is 4.09. The van der Waals surface area contributed by atoms with Crippen LogP contribution in [0, 0.1) is 5.92 Å². The number of carbonyl (C=O) groups excluding carboxylic acids is 1. The second kappa shape index (κ2) is 6.74. The zero-order valence-corrected chi connectivity index (χ0v) is 15.1. The molecule has 3 aliphatic heterocycles. The molecule has 2 atom stereocenters. The van der Waals surface area contributed by atoms with Crippen LogP contribution in [0.2, 0.25) is 0 Å². The summed E-state index contributed by atoms with van der Waals surface area (Å²) in [6.07, 6.45) is 7.02. The number of imidazole rings is 1. The lowest BCUT2D eigenvalue weighted by molar-refractivity contribution is 0.0729. The van der Waals surface area contributed by atoms with E-state index in [1.165, 1.54) is 6.42 Å². The molecule has 1 amide bonds. The van der Waals surface area contributed by atoms with Crippen LogP contribution >= 0.6 is 0 Å². The number of carbonyl (C=O) groups is 1. The molecule has 0 unspecified atom stereocenters. The van der Waals surface area contributed by atoms with E-state index in [2.05, 4.69) is 25.9 Å². The van der Waals surface area contributed by atoms with E-state index < -0.39 is 0 Å². The lowest BCUT2D eigenvalue weighted by Gasteiger charge is -2.35. The van der Waals surface area contributed by atoms with Crippen molar-refractivity contribution in [2.75, 3.05) is 19.6 Å². The maximum Gasteiger partial charge on any atom is 0.274 e. The highest BCUT2D eigenvalue weighted by Crippen LogP contribution is 2.29. The normalized spacial score (nSPS) is 22.9. The summed E-state index contributed by atoms with van der Waals surface area (Å²) in [4.78, 5) is 33.7. The minimum Gasteiger partial charge on any atom is -0.341 e. The Morgan fingerprint density at radius 3 is 2.93 bits per heavy atom. The Balaban J connectivity index is 1.34. The molecule has 0 aliphatic carbocycles. The number of hydrogen-bond acceptors (Lipinski definition) is 5. The third kappa shape index (κ3) is 3.19. The molecule has 6 rings (SSSR count). The second-order valence-corrected chi connectivity index (χ2v) is 7.53. The fourth-order valence-electron chi connectivity index (χ4n) is 4.38. The van der Waals surface area contributed by atoms with Crippen molar-refractivity contribution in [1.82, 2.24) is 29.7 Å². The average molecular weight is 362 g/mol. The summed E-state index contributed by atoms with van der Waals surface area (Å²) < 4.78 is 0. The molecule has 3 saturated heterocycles. The van der Waals surface area contributed by atoms with Crippen LogP contribution in [0.4, 0.5) is 0 Å². The van der Waals surface area contributed by atoms with Crippen LogP contribution in [0.15, 0.2) is 42.9 Å². The van der Waals surface area contributed by atoms with E-state index in [-0.39, 0.29) is 5.91 Å². The lowest BCUT2D eigenvalue weighted by Crippen LogP contribution is -2.44. The largest absolute Gasteiger partial charge is 0.341 e. The standard InChI is InChI=1S/C20H22N6O/c27-20(18-9-21-7-8-22-18)26-11-14-5-6-15(12-26)25(10-14)13-19-23-16-3-1-2-4-17(16)24-19/h1-4,7-9,14-15H,5-6,10-13H2,(H,23,24)/t14-,15-/m1/s1. The van der Waals surface area contributed by atoms with Crippen LogP contribution in [0.25, 0.3) is 11.0 Å². The van der Waals surface area contributed by atoms with E-state index in [1.54, 1.807) is 18.6 Å². The molecule has 27 heavy (non-hydrogen) atoms. The molecule has 3 aromatic rings. The number of rotatable bonds is 3. The fourth-order valence-corrected chi connectivity index (χ4v) is 4.38. The third-order valence-corrected chi connectivity index (χ3v) is 5.69. The number of hydrogen-bond donors (Lipinski definition) is 1. The first-order valence-electron chi connectivity index (χ1n) is 9.49. The van der Waals surface area contributed by atoms with Gasteiger partial charge in [-0.05, 0) is 30.9 Å². The molecule has 1 N–H and O–H groups in total.